The van der Waals surface area contributed by atoms with Crippen molar-refractivity contribution in [2.45, 2.75) is 57.1 Å². The standard InChI is InChI=1S/C15H14OS.C6H14O2/c1-2-11-7-9-12(10-8-11)15(16)13-5-3-4-6-14(13)17;1-5(2,7)6(3,4)8/h3-10,17H,2H2,1H3;7-8H,1-4H3. The Morgan fingerprint density at radius 2 is 1.40 bits per heavy atom. The molecule has 4 heteroatoms. The van der Waals surface area contributed by atoms with Crippen LogP contribution in [0.15, 0.2) is 53.4 Å². The van der Waals surface area contributed by atoms with E-state index in [0.29, 0.717) is 11.1 Å². The summed E-state index contributed by atoms with van der Waals surface area (Å²) in [5, 5.41) is 18.2. The molecule has 3 nitrogen and oxygen atoms in total. The molecular weight excluding hydrogens is 332 g/mol. The molecule has 0 heterocycles. The molecule has 25 heavy (non-hydrogen) atoms. The molecule has 0 aliphatic carbocycles. The van der Waals surface area contributed by atoms with Crippen molar-refractivity contribution in [3.63, 3.8) is 0 Å². The quantitative estimate of drug-likeness (QED) is 0.563. The van der Waals surface area contributed by atoms with E-state index in [2.05, 4.69) is 19.6 Å². The highest BCUT2D eigenvalue weighted by atomic mass is 32.1. The molecule has 136 valence electrons. The lowest BCUT2D eigenvalue weighted by Gasteiger charge is -2.31. The van der Waals surface area contributed by atoms with Gasteiger partial charge >= 0.3 is 0 Å². The lowest BCUT2D eigenvalue weighted by molar-refractivity contribution is -0.107. The van der Waals surface area contributed by atoms with E-state index in [-0.39, 0.29) is 5.78 Å². The zero-order chi connectivity index (χ0) is 19.3. The Kier molecular flexibility index (Phi) is 7.42. The maximum Gasteiger partial charge on any atom is 0.194 e. The highest BCUT2D eigenvalue weighted by molar-refractivity contribution is 7.80. The molecule has 0 aliphatic rings. The lowest BCUT2D eigenvalue weighted by Crippen LogP contribution is -2.44. The summed E-state index contributed by atoms with van der Waals surface area (Å²) >= 11 is 4.31. The van der Waals surface area contributed by atoms with Crippen LogP contribution >= 0.6 is 12.6 Å². The highest BCUT2D eigenvalue weighted by Crippen LogP contribution is 2.19. The van der Waals surface area contributed by atoms with Crippen molar-refractivity contribution in [1.82, 2.24) is 0 Å². The fourth-order valence-corrected chi connectivity index (χ4v) is 1.98. The third-order valence-electron chi connectivity index (χ3n) is 4.27. The van der Waals surface area contributed by atoms with Gasteiger partial charge in [-0.2, -0.15) is 0 Å². The monoisotopic (exact) mass is 360 g/mol. The van der Waals surface area contributed by atoms with Crippen LogP contribution in [0.5, 0.6) is 0 Å². The average molecular weight is 361 g/mol. The molecule has 0 unspecified atom stereocenters. The second-order valence-corrected chi connectivity index (χ2v) is 7.50. The molecule has 0 atom stereocenters. The predicted molar refractivity (Wildman–Crippen MR) is 106 cm³/mol. The van der Waals surface area contributed by atoms with E-state index in [1.807, 2.05) is 42.5 Å². The number of thiol groups is 1. The molecular formula is C21H28O3S. The number of rotatable bonds is 4. The molecule has 0 aromatic heterocycles. The van der Waals surface area contributed by atoms with Crippen LogP contribution in [0, 0.1) is 0 Å². The minimum Gasteiger partial charge on any atom is -0.387 e. The number of aryl methyl sites for hydroxylation is 1. The molecule has 2 aromatic rings. The maximum atomic E-state index is 12.2. The van der Waals surface area contributed by atoms with Crippen LogP contribution in [0.1, 0.15) is 56.1 Å². The number of carbonyl (C=O) groups excluding carboxylic acids is 1. The van der Waals surface area contributed by atoms with Crippen molar-refractivity contribution in [2.24, 2.45) is 0 Å². The molecule has 0 amide bonds. The van der Waals surface area contributed by atoms with Gasteiger partial charge in [-0.25, -0.2) is 0 Å². The lowest BCUT2D eigenvalue weighted by atomic mass is 9.90. The minimum absolute atomic E-state index is 0.0262. The topological polar surface area (TPSA) is 57.5 Å². The molecule has 0 saturated carbocycles. The minimum atomic E-state index is -1.01. The van der Waals surface area contributed by atoms with Gasteiger partial charge in [-0.05, 0) is 51.8 Å². The Hall–Kier alpha value is -1.62. The molecule has 2 aromatic carbocycles. The zero-order valence-electron chi connectivity index (χ0n) is 15.6. The first-order chi connectivity index (χ1) is 11.5. The first-order valence-corrected chi connectivity index (χ1v) is 8.78. The summed E-state index contributed by atoms with van der Waals surface area (Å²) < 4.78 is 0. The third-order valence-corrected chi connectivity index (χ3v) is 4.66. The van der Waals surface area contributed by atoms with Crippen LogP contribution in [0.2, 0.25) is 0 Å². The van der Waals surface area contributed by atoms with Crippen molar-refractivity contribution >= 4 is 18.4 Å². The number of hydrogen-bond acceptors (Lipinski definition) is 4. The predicted octanol–water partition coefficient (Wildman–Crippen LogP) is 4.30. The fraction of sp³-hybridized carbons (Fsp3) is 0.381. The third kappa shape index (κ3) is 6.31. The Bertz CT molecular complexity index is 680. The molecule has 0 fully saturated rings. The Morgan fingerprint density at radius 3 is 1.80 bits per heavy atom. The van der Waals surface area contributed by atoms with Crippen LogP contribution < -0.4 is 0 Å². The fourth-order valence-electron chi connectivity index (χ4n) is 1.71. The van der Waals surface area contributed by atoms with Gasteiger partial charge < -0.3 is 10.2 Å². The largest absolute Gasteiger partial charge is 0.387 e. The summed E-state index contributed by atoms with van der Waals surface area (Å²) in [6.45, 7) is 8.40. The van der Waals surface area contributed by atoms with Crippen LogP contribution in [0.25, 0.3) is 0 Å². The summed E-state index contributed by atoms with van der Waals surface area (Å²) in [5.41, 5.74) is 0.587. The van der Waals surface area contributed by atoms with E-state index in [0.717, 1.165) is 11.3 Å². The zero-order valence-corrected chi connectivity index (χ0v) is 16.5. The molecule has 0 aliphatic heterocycles. The Labute approximate surface area is 156 Å². The normalized spacial score (nSPS) is 11.5. The van der Waals surface area contributed by atoms with Gasteiger partial charge in [0.05, 0.1) is 11.2 Å². The van der Waals surface area contributed by atoms with E-state index < -0.39 is 11.2 Å². The summed E-state index contributed by atoms with van der Waals surface area (Å²) in [6, 6.07) is 15.1. The van der Waals surface area contributed by atoms with E-state index in [4.69, 9.17) is 10.2 Å². The molecule has 0 radical (unpaired) electrons. The van der Waals surface area contributed by atoms with Crippen molar-refractivity contribution in [3.8, 4) is 0 Å². The van der Waals surface area contributed by atoms with Crippen molar-refractivity contribution in [3.05, 3.63) is 65.2 Å². The average Bonchev–Trinajstić information content (AvgIpc) is 2.53. The van der Waals surface area contributed by atoms with Gasteiger partial charge in [-0.1, -0.05) is 43.3 Å². The maximum absolute atomic E-state index is 12.2. The van der Waals surface area contributed by atoms with Crippen molar-refractivity contribution in [2.75, 3.05) is 0 Å². The SMILES string of the molecule is CC(C)(O)C(C)(C)O.CCc1ccc(C(=O)c2ccccc2S)cc1. The molecule has 0 saturated heterocycles. The molecule has 0 spiro atoms. The van der Waals surface area contributed by atoms with Crippen LogP contribution in [-0.2, 0) is 6.42 Å². The van der Waals surface area contributed by atoms with Gasteiger partial charge in [0, 0.05) is 16.0 Å². The number of ketones is 1. The summed E-state index contributed by atoms with van der Waals surface area (Å²) in [4.78, 5) is 12.9. The van der Waals surface area contributed by atoms with Crippen LogP contribution in [0.4, 0.5) is 0 Å². The summed E-state index contributed by atoms with van der Waals surface area (Å²) in [6.07, 6.45) is 0.984. The number of carbonyl (C=O) groups is 1. The first-order valence-electron chi connectivity index (χ1n) is 8.33. The Balaban J connectivity index is 0.000000333. The molecule has 2 rings (SSSR count). The van der Waals surface area contributed by atoms with E-state index in [1.165, 1.54) is 5.56 Å². The smallest absolute Gasteiger partial charge is 0.194 e. The van der Waals surface area contributed by atoms with Gasteiger partial charge in [0.2, 0.25) is 0 Å². The van der Waals surface area contributed by atoms with Crippen LogP contribution in [-0.4, -0.2) is 27.2 Å². The van der Waals surface area contributed by atoms with E-state index in [1.54, 1.807) is 33.8 Å². The van der Waals surface area contributed by atoms with Gasteiger partial charge in [-0.15, -0.1) is 12.6 Å². The van der Waals surface area contributed by atoms with Gasteiger partial charge in [0.1, 0.15) is 0 Å². The Morgan fingerprint density at radius 1 is 0.920 bits per heavy atom. The first kappa shape index (κ1) is 21.4. The van der Waals surface area contributed by atoms with E-state index >= 15 is 0 Å². The van der Waals surface area contributed by atoms with Gasteiger partial charge in [-0.3, -0.25) is 4.79 Å². The second kappa shape index (κ2) is 8.65. The van der Waals surface area contributed by atoms with E-state index in [9.17, 15) is 4.79 Å². The van der Waals surface area contributed by atoms with Gasteiger partial charge in [0.15, 0.2) is 5.78 Å². The highest BCUT2D eigenvalue weighted by Gasteiger charge is 2.31. The van der Waals surface area contributed by atoms with Crippen molar-refractivity contribution < 1.29 is 15.0 Å². The van der Waals surface area contributed by atoms with Crippen LogP contribution in [0.3, 0.4) is 0 Å². The molecule has 0 bridgehead atoms. The number of aliphatic hydroxyl groups is 2. The summed E-state index contributed by atoms with van der Waals surface area (Å²) in [7, 11) is 0. The second-order valence-electron chi connectivity index (χ2n) is 7.01. The van der Waals surface area contributed by atoms with Crippen molar-refractivity contribution in [1.29, 1.82) is 0 Å². The van der Waals surface area contributed by atoms with Gasteiger partial charge in [0.25, 0.3) is 0 Å². The number of benzene rings is 2. The number of hydrogen-bond donors (Lipinski definition) is 3. The molecule has 2 N–H and O–H groups in total. The summed E-state index contributed by atoms with van der Waals surface area (Å²) in [5.74, 6) is 0.0262.